The van der Waals surface area contributed by atoms with Crippen LogP contribution in [0.1, 0.15) is 10.5 Å². The van der Waals surface area contributed by atoms with E-state index in [1.807, 2.05) is 0 Å². The summed E-state index contributed by atoms with van der Waals surface area (Å²) >= 11 is 25.0. The summed E-state index contributed by atoms with van der Waals surface area (Å²) in [4.78, 5) is 20.8. The molecule has 1 amide bonds. The van der Waals surface area contributed by atoms with E-state index in [1.165, 1.54) is 11.3 Å². The van der Waals surface area contributed by atoms with Gasteiger partial charge in [-0.25, -0.2) is 9.97 Å². The van der Waals surface area contributed by atoms with Gasteiger partial charge in [-0.3, -0.25) is 10.1 Å². The van der Waals surface area contributed by atoms with Crippen molar-refractivity contribution in [2.24, 2.45) is 0 Å². The molecule has 0 bridgehead atoms. The molecule has 2 aromatic heterocycles. The molecule has 146 valence electrons. The van der Waals surface area contributed by atoms with E-state index in [4.69, 9.17) is 55.9 Å². The van der Waals surface area contributed by atoms with E-state index >= 15 is 0 Å². The van der Waals surface area contributed by atoms with E-state index < -0.39 is 5.91 Å². The second-order valence-corrected chi connectivity index (χ2v) is 7.60. The van der Waals surface area contributed by atoms with Crippen LogP contribution in [0.2, 0.25) is 20.2 Å². The fourth-order valence-electron chi connectivity index (χ4n) is 2.26. The van der Waals surface area contributed by atoms with Crippen molar-refractivity contribution in [3.63, 3.8) is 0 Å². The van der Waals surface area contributed by atoms with Gasteiger partial charge in [-0.2, -0.15) is 0 Å². The van der Waals surface area contributed by atoms with Gasteiger partial charge in [0.05, 0.1) is 35.0 Å². The lowest BCUT2D eigenvalue weighted by Crippen LogP contribution is -2.14. The van der Waals surface area contributed by atoms with Crippen LogP contribution in [0.3, 0.4) is 0 Å². The first kappa shape index (κ1) is 21.0. The summed E-state index contributed by atoms with van der Waals surface area (Å²) in [6.07, 6.45) is 0. The van der Waals surface area contributed by atoms with E-state index in [0.717, 1.165) is 0 Å². The quantitative estimate of drug-likeness (QED) is 0.449. The monoisotopic (exact) mass is 477 g/mol. The lowest BCUT2D eigenvalue weighted by molar-refractivity contribution is 0.102. The van der Waals surface area contributed by atoms with Crippen LogP contribution in [0.15, 0.2) is 23.6 Å². The van der Waals surface area contributed by atoms with Gasteiger partial charge in [-0.15, -0.1) is 11.3 Å². The topological polar surface area (TPSA) is 73.3 Å². The minimum absolute atomic E-state index is 0.0217. The number of thiazole rings is 1. The normalized spacial score (nSPS) is 10.6. The zero-order valence-corrected chi connectivity index (χ0v) is 18.2. The van der Waals surface area contributed by atoms with Crippen LogP contribution in [0, 0.1) is 0 Å². The highest BCUT2D eigenvalue weighted by Crippen LogP contribution is 2.37. The average Bonchev–Trinajstić information content (AvgIpc) is 3.16. The number of pyridine rings is 1. The second-order valence-electron chi connectivity index (χ2n) is 5.25. The molecule has 0 radical (unpaired) electrons. The summed E-state index contributed by atoms with van der Waals surface area (Å²) in [6.45, 7) is 0. The number of amides is 1. The Bertz CT molecular complexity index is 1060. The fourth-order valence-corrected chi connectivity index (χ4v) is 3.78. The van der Waals surface area contributed by atoms with Crippen molar-refractivity contribution in [1.82, 2.24) is 9.97 Å². The maximum absolute atomic E-state index is 12.5. The third kappa shape index (κ3) is 4.14. The molecule has 0 aliphatic heterocycles. The Balaban J connectivity index is 1.89. The smallest absolute Gasteiger partial charge is 0.277 e. The van der Waals surface area contributed by atoms with E-state index in [-0.39, 0.29) is 25.9 Å². The maximum atomic E-state index is 12.5. The average molecular weight is 479 g/mol. The number of hydrogen-bond donors (Lipinski definition) is 1. The van der Waals surface area contributed by atoms with Crippen molar-refractivity contribution >= 4 is 68.8 Å². The van der Waals surface area contributed by atoms with E-state index in [0.29, 0.717) is 27.9 Å². The molecule has 1 aromatic carbocycles. The predicted molar refractivity (Wildman–Crippen MR) is 113 cm³/mol. The highest BCUT2D eigenvalue weighted by Gasteiger charge is 2.21. The van der Waals surface area contributed by atoms with Gasteiger partial charge in [-0.1, -0.05) is 46.4 Å². The van der Waals surface area contributed by atoms with Gasteiger partial charge < -0.3 is 9.47 Å². The van der Waals surface area contributed by atoms with Crippen molar-refractivity contribution in [2.75, 3.05) is 19.5 Å². The van der Waals surface area contributed by atoms with Crippen LogP contribution in [0.4, 0.5) is 5.13 Å². The third-order valence-electron chi connectivity index (χ3n) is 3.61. The van der Waals surface area contributed by atoms with Crippen molar-refractivity contribution < 1.29 is 14.3 Å². The van der Waals surface area contributed by atoms with Gasteiger partial charge >= 0.3 is 0 Å². The Morgan fingerprint density at radius 3 is 2.46 bits per heavy atom. The minimum Gasteiger partial charge on any atom is -0.497 e. The number of ether oxygens (including phenoxy) is 2. The summed E-state index contributed by atoms with van der Waals surface area (Å²) in [5.41, 5.74) is 1.16. The number of hydrogen-bond acceptors (Lipinski definition) is 6. The van der Waals surface area contributed by atoms with Crippen LogP contribution < -0.4 is 14.8 Å². The minimum atomic E-state index is -0.621. The summed E-state index contributed by atoms with van der Waals surface area (Å²) in [5, 5.41) is 4.42. The van der Waals surface area contributed by atoms with E-state index in [1.54, 1.807) is 37.8 Å². The summed E-state index contributed by atoms with van der Waals surface area (Å²) in [7, 11) is 3.12. The van der Waals surface area contributed by atoms with Gasteiger partial charge in [0.1, 0.15) is 16.7 Å². The van der Waals surface area contributed by atoms with Crippen molar-refractivity contribution in [1.29, 1.82) is 0 Å². The van der Waals surface area contributed by atoms with Gasteiger partial charge in [0.2, 0.25) is 0 Å². The number of carbonyl (C=O) groups is 1. The maximum Gasteiger partial charge on any atom is 0.277 e. The van der Waals surface area contributed by atoms with Crippen molar-refractivity contribution in [2.45, 2.75) is 0 Å². The molecule has 0 unspecified atom stereocenters. The molecule has 0 spiro atoms. The molecule has 0 saturated heterocycles. The van der Waals surface area contributed by atoms with Crippen LogP contribution in [-0.2, 0) is 0 Å². The van der Waals surface area contributed by atoms with Gasteiger partial charge in [0, 0.05) is 10.9 Å². The number of anilines is 1. The Morgan fingerprint density at radius 2 is 1.79 bits per heavy atom. The number of nitrogens with zero attached hydrogens (tertiary/aromatic N) is 2. The summed E-state index contributed by atoms with van der Waals surface area (Å²) in [5.74, 6) is 0.643. The van der Waals surface area contributed by atoms with Crippen molar-refractivity contribution in [3.8, 4) is 22.8 Å². The van der Waals surface area contributed by atoms with E-state index in [2.05, 4.69) is 15.3 Å². The molecule has 6 nitrogen and oxygen atoms in total. The van der Waals surface area contributed by atoms with Gasteiger partial charge in [0.15, 0.2) is 10.8 Å². The van der Waals surface area contributed by atoms with Crippen LogP contribution in [0.25, 0.3) is 11.3 Å². The number of benzene rings is 1. The number of methoxy groups -OCH3 is 2. The van der Waals surface area contributed by atoms with Crippen LogP contribution >= 0.6 is 57.7 Å². The fraction of sp³-hybridized carbons (Fsp3) is 0.118. The highest BCUT2D eigenvalue weighted by molar-refractivity contribution is 7.14. The van der Waals surface area contributed by atoms with E-state index in [9.17, 15) is 4.79 Å². The van der Waals surface area contributed by atoms with Crippen molar-refractivity contribution in [3.05, 3.63) is 49.5 Å². The molecule has 0 aliphatic carbocycles. The second kappa shape index (κ2) is 8.71. The molecule has 28 heavy (non-hydrogen) atoms. The first-order chi connectivity index (χ1) is 13.3. The first-order valence-corrected chi connectivity index (χ1v) is 9.94. The van der Waals surface area contributed by atoms with Crippen LogP contribution in [0.5, 0.6) is 11.5 Å². The summed E-state index contributed by atoms with van der Waals surface area (Å²) < 4.78 is 10.6. The SMILES string of the molecule is COc1ccc(OC)c(-c2csc(NC(=O)c3nc(Cl)c(Cl)c(Cl)c3Cl)n2)c1. The molecule has 3 aromatic rings. The first-order valence-electron chi connectivity index (χ1n) is 7.55. The largest absolute Gasteiger partial charge is 0.497 e. The number of halogens is 4. The molecule has 0 fully saturated rings. The predicted octanol–water partition coefficient (Wildman–Crippen LogP) is 6.09. The highest BCUT2D eigenvalue weighted by atomic mass is 35.5. The lowest BCUT2D eigenvalue weighted by Gasteiger charge is -2.09. The molecule has 2 heterocycles. The number of aromatic nitrogens is 2. The Hall–Kier alpha value is -1.77. The molecular weight excluding hydrogens is 468 g/mol. The number of rotatable bonds is 5. The molecule has 11 heteroatoms. The zero-order chi connectivity index (χ0) is 20.4. The lowest BCUT2D eigenvalue weighted by atomic mass is 10.1. The molecule has 1 N–H and O–H groups in total. The van der Waals surface area contributed by atoms with Gasteiger partial charge in [-0.05, 0) is 18.2 Å². The molecule has 0 aliphatic rings. The van der Waals surface area contributed by atoms with Crippen LogP contribution in [-0.4, -0.2) is 30.1 Å². The van der Waals surface area contributed by atoms with Gasteiger partial charge in [0.25, 0.3) is 5.91 Å². The standard InChI is InChI=1S/C17H11Cl4N3O3S/c1-26-7-3-4-10(27-2)8(5-7)9-6-28-17(22-9)24-16(25)14-12(19)11(18)13(20)15(21)23-14/h3-6H,1-2H3,(H,22,24,25). The summed E-state index contributed by atoms with van der Waals surface area (Å²) in [6, 6.07) is 5.34. The Kier molecular flexibility index (Phi) is 6.52. The Labute approximate surface area is 184 Å². The third-order valence-corrected chi connectivity index (χ3v) is 6.04. The molecule has 3 rings (SSSR count). The molecule has 0 saturated carbocycles. The molecular formula is C17H11Cl4N3O3S. The Morgan fingerprint density at radius 1 is 1.04 bits per heavy atom. The number of nitrogens with one attached hydrogen (secondary N) is 1. The number of carbonyl (C=O) groups excluding carboxylic acids is 1. The zero-order valence-electron chi connectivity index (χ0n) is 14.3. The molecule has 0 atom stereocenters.